The number of nitrogens with two attached hydrogens (primary N) is 1. The minimum absolute atomic E-state index is 0.00657. The van der Waals surface area contributed by atoms with Crippen LogP contribution >= 0.6 is 0 Å². The Balaban J connectivity index is 2.27. The van der Waals surface area contributed by atoms with E-state index in [1.807, 2.05) is 20.0 Å². The summed E-state index contributed by atoms with van der Waals surface area (Å²) in [6, 6.07) is -0.00657. The molecule has 0 saturated carbocycles. The number of ether oxygens (including phenoxy) is 2. The topological polar surface area (TPSA) is 62.3 Å². The van der Waals surface area contributed by atoms with Crippen molar-refractivity contribution < 1.29 is 9.47 Å². The Labute approximate surface area is 103 Å². The lowest BCUT2D eigenvalue weighted by molar-refractivity contribution is 0.0680. The molecule has 5 heteroatoms. The first-order valence-corrected chi connectivity index (χ1v) is 6.01. The summed E-state index contributed by atoms with van der Waals surface area (Å²) < 4.78 is 12.4. The number of imidazole rings is 1. The van der Waals surface area contributed by atoms with E-state index < -0.39 is 0 Å². The van der Waals surface area contributed by atoms with Crippen LogP contribution in [0.3, 0.4) is 0 Å². The number of aromatic nitrogens is 2. The molecule has 0 amide bonds. The van der Waals surface area contributed by atoms with Gasteiger partial charge in [0.05, 0.1) is 18.9 Å². The number of hydrogen-bond donors (Lipinski definition) is 1. The largest absolute Gasteiger partial charge is 0.382 e. The van der Waals surface area contributed by atoms with E-state index in [1.165, 1.54) is 0 Å². The van der Waals surface area contributed by atoms with E-state index in [0.29, 0.717) is 13.2 Å². The van der Waals surface area contributed by atoms with Gasteiger partial charge in [0.15, 0.2) is 0 Å². The molecule has 0 saturated heterocycles. The van der Waals surface area contributed by atoms with Crippen LogP contribution in [0.5, 0.6) is 0 Å². The van der Waals surface area contributed by atoms with E-state index >= 15 is 0 Å². The molecule has 0 aromatic carbocycles. The van der Waals surface area contributed by atoms with Crippen LogP contribution in [-0.4, -0.2) is 36.5 Å². The standard InChI is InChI=1S/C12H23N3O2/c1-10(13)12-9-15(11(2)14-12)5-4-6-17-8-7-16-3/h9-10H,4-8,13H2,1-3H3/t10-/m1/s1. The van der Waals surface area contributed by atoms with Gasteiger partial charge in [-0.05, 0) is 20.3 Å². The van der Waals surface area contributed by atoms with Gasteiger partial charge in [0.25, 0.3) is 0 Å². The maximum Gasteiger partial charge on any atom is 0.105 e. The second-order valence-corrected chi connectivity index (χ2v) is 4.15. The number of nitrogens with zero attached hydrogens (tertiary/aromatic N) is 2. The monoisotopic (exact) mass is 241 g/mol. The molecule has 2 N–H and O–H groups in total. The molecule has 0 aliphatic heterocycles. The third-order valence-corrected chi connectivity index (χ3v) is 2.58. The lowest BCUT2D eigenvalue weighted by Crippen LogP contribution is -2.07. The fourth-order valence-corrected chi connectivity index (χ4v) is 1.56. The Morgan fingerprint density at radius 3 is 2.76 bits per heavy atom. The first-order chi connectivity index (χ1) is 8.15. The Morgan fingerprint density at radius 2 is 2.18 bits per heavy atom. The Hall–Kier alpha value is -0.910. The summed E-state index contributed by atoms with van der Waals surface area (Å²) in [5.74, 6) is 1.01. The van der Waals surface area contributed by atoms with Crippen molar-refractivity contribution in [3.63, 3.8) is 0 Å². The van der Waals surface area contributed by atoms with E-state index in [4.69, 9.17) is 15.2 Å². The molecule has 1 atom stereocenters. The van der Waals surface area contributed by atoms with Gasteiger partial charge in [-0.3, -0.25) is 0 Å². The van der Waals surface area contributed by atoms with E-state index in [9.17, 15) is 0 Å². The number of rotatable bonds is 8. The van der Waals surface area contributed by atoms with Gasteiger partial charge in [-0.2, -0.15) is 0 Å². The molecule has 0 aliphatic rings. The molecule has 0 spiro atoms. The van der Waals surface area contributed by atoms with E-state index in [2.05, 4.69) is 9.55 Å². The molecule has 0 unspecified atom stereocenters. The average molecular weight is 241 g/mol. The van der Waals surface area contributed by atoms with Gasteiger partial charge in [-0.1, -0.05) is 0 Å². The van der Waals surface area contributed by atoms with Crippen molar-refractivity contribution >= 4 is 0 Å². The first-order valence-electron chi connectivity index (χ1n) is 6.01. The molecule has 17 heavy (non-hydrogen) atoms. The summed E-state index contributed by atoms with van der Waals surface area (Å²) in [4.78, 5) is 4.42. The third kappa shape index (κ3) is 4.85. The molecular weight excluding hydrogens is 218 g/mol. The zero-order valence-electron chi connectivity index (χ0n) is 11.0. The molecule has 1 rings (SSSR count). The highest BCUT2D eigenvalue weighted by atomic mass is 16.5. The van der Waals surface area contributed by atoms with Crippen molar-refractivity contribution in [2.45, 2.75) is 32.9 Å². The zero-order chi connectivity index (χ0) is 12.7. The van der Waals surface area contributed by atoms with Crippen LogP contribution in [-0.2, 0) is 16.0 Å². The number of aryl methyl sites for hydroxylation is 2. The van der Waals surface area contributed by atoms with Crippen LogP contribution in [0.2, 0.25) is 0 Å². The van der Waals surface area contributed by atoms with Crippen molar-refractivity contribution in [1.29, 1.82) is 0 Å². The van der Waals surface area contributed by atoms with E-state index in [0.717, 1.165) is 31.1 Å². The summed E-state index contributed by atoms with van der Waals surface area (Å²) in [5.41, 5.74) is 6.74. The average Bonchev–Trinajstić information content (AvgIpc) is 2.65. The predicted octanol–water partition coefficient (Wildman–Crippen LogP) is 1.26. The normalized spacial score (nSPS) is 12.9. The van der Waals surface area contributed by atoms with Crippen LogP contribution in [0.4, 0.5) is 0 Å². The Bertz CT molecular complexity index is 324. The summed E-state index contributed by atoms with van der Waals surface area (Å²) in [6.45, 7) is 6.91. The second-order valence-electron chi connectivity index (χ2n) is 4.15. The smallest absolute Gasteiger partial charge is 0.105 e. The molecule has 1 aromatic rings. The van der Waals surface area contributed by atoms with Gasteiger partial charge in [0.1, 0.15) is 5.82 Å². The SMILES string of the molecule is COCCOCCCn1cc([C@@H](C)N)nc1C. The zero-order valence-corrected chi connectivity index (χ0v) is 11.0. The van der Waals surface area contributed by atoms with Crippen molar-refractivity contribution in [2.24, 2.45) is 5.73 Å². The molecule has 5 nitrogen and oxygen atoms in total. The molecule has 0 aliphatic carbocycles. The van der Waals surface area contributed by atoms with Crippen LogP contribution < -0.4 is 5.73 Å². The highest BCUT2D eigenvalue weighted by Crippen LogP contribution is 2.09. The fraction of sp³-hybridized carbons (Fsp3) is 0.750. The lowest BCUT2D eigenvalue weighted by Gasteiger charge is -2.05. The quantitative estimate of drug-likeness (QED) is 0.696. The van der Waals surface area contributed by atoms with Gasteiger partial charge >= 0.3 is 0 Å². The molecule has 0 radical (unpaired) electrons. The molecule has 1 heterocycles. The first kappa shape index (κ1) is 14.2. The van der Waals surface area contributed by atoms with Crippen LogP contribution in [0, 0.1) is 6.92 Å². The molecule has 1 aromatic heterocycles. The third-order valence-electron chi connectivity index (χ3n) is 2.58. The highest BCUT2D eigenvalue weighted by molar-refractivity contribution is 5.06. The van der Waals surface area contributed by atoms with Crippen molar-refractivity contribution in [2.75, 3.05) is 26.9 Å². The molecular formula is C12H23N3O2. The van der Waals surface area contributed by atoms with E-state index in [-0.39, 0.29) is 6.04 Å². The lowest BCUT2D eigenvalue weighted by atomic mass is 10.3. The van der Waals surface area contributed by atoms with E-state index in [1.54, 1.807) is 7.11 Å². The molecule has 98 valence electrons. The van der Waals surface area contributed by atoms with Crippen LogP contribution in [0.1, 0.15) is 30.9 Å². The highest BCUT2D eigenvalue weighted by Gasteiger charge is 2.06. The molecule has 0 fully saturated rings. The summed E-state index contributed by atoms with van der Waals surface area (Å²) in [7, 11) is 1.67. The second kappa shape index (κ2) is 7.42. The van der Waals surface area contributed by atoms with Gasteiger partial charge in [-0.15, -0.1) is 0 Å². The maximum atomic E-state index is 5.79. The van der Waals surface area contributed by atoms with Crippen molar-refractivity contribution in [3.8, 4) is 0 Å². The predicted molar refractivity (Wildman–Crippen MR) is 66.9 cm³/mol. The molecule has 0 bridgehead atoms. The van der Waals surface area contributed by atoms with Crippen molar-refractivity contribution in [1.82, 2.24) is 9.55 Å². The summed E-state index contributed by atoms with van der Waals surface area (Å²) in [6.07, 6.45) is 2.99. The maximum absolute atomic E-state index is 5.79. The minimum Gasteiger partial charge on any atom is -0.382 e. The van der Waals surface area contributed by atoms with Gasteiger partial charge in [-0.25, -0.2) is 4.98 Å². The van der Waals surface area contributed by atoms with Crippen LogP contribution in [0.25, 0.3) is 0 Å². The van der Waals surface area contributed by atoms with Gasteiger partial charge in [0.2, 0.25) is 0 Å². The number of methoxy groups -OCH3 is 1. The Kier molecular flexibility index (Phi) is 6.18. The van der Waals surface area contributed by atoms with Crippen molar-refractivity contribution in [3.05, 3.63) is 17.7 Å². The van der Waals surface area contributed by atoms with Gasteiger partial charge in [0, 0.05) is 32.5 Å². The Morgan fingerprint density at radius 1 is 1.41 bits per heavy atom. The fourth-order valence-electron chi connectivity index (χ4n) is 1.56. The minimum atomic E-state index is -0.00657. The van der Waals surface area contributed by atoms with Gasteiger partial charge < -0.3 is 19.8 Å². The summed E-state index contributed by atoms with van der Waals surface area (Å²) in [5, 5.41) is 0. The number of hydrogen-bond acceptors (Lipinski definition) is 4. The van der Waals surface area contributed by atoms with Crippen LogP contribution in [0.15, 0.2) is 6.20 Å². The summed E-state index contributed by atoms with van der Waals surface area (Å²) >= 11 is 0.